The van der Waals surface area contributed by atoms with Gasteiger partial charge < -0.3 is 10.0 Å². The molecule has 0 aliphatic carbocycles. The van der Waals surface area contributed by atoms with Gasteiger partial charge in [0.1, 0.15) is 18.1 Å². The molecule has 0 bridgehead atoms. The Labute approximate surface area is 128 Å². The second kappa shape index (κ2) is 5.98. The normalized spacial score (nSPS) is 14.6. The van der Waals surface area contributed by atoms with Crippen LogP contribution in [0.1, 0.15) is 5.56 Å². The number of hydrogen-bond acceptors (Lipinski definition) is 5. The fraction of sp³-hybridized carbons (Fsp3) is 0.250. The summed E-state index contributed by atoms with van der Waals surface area (Å²) in [5, 5.41) is 19.4. The number of carboxylic acids is 1. The highest BCUT2D eigenvalue weighted by Crippen LogP contribution is 2.26. The predicted molar refractivity (Wildman–Crippen MR) is 73.3 cm³/mol. The van der Waals surface area contributed by atoms with E-state index in [0.29, 0.717) is 5.56 Å². The third-order valence-corrected chi connectivity index (χ3v) is 3.32. The van der Waals surface area contributed by atoms with Gasteiger partial charge in [0.05, 0.1) is 11.5 Å². The standard InChI is InChI=1S/C12H10ClN3O6/c13-8-2-1-7(3-9(8)16(21)22)4-15-10(17)5-14(12(15)20)6-11(18)19/h1-3H,4-6H2,(H,18,19). The maximum atomic E-state index is 11.9. The average molecular weight is 328 g/mol. The van der Waals surface area contributed by atoms with E-state index in [9.17, 15) is 24.5 Å². The summed E-state index contributed by atoms with van der Waals surface area (Å²) in [6.45, 7) is -1.10. The van der Waals surface area contributed by atoms with Crippen LogP contribution in [0.2, 0.25) is 5.02 Å². The predicted octanol–water partition coefficient (Wildman–Crippen LogP) is 1.10. The quantitative estimate of drug-likeness (QED) is 0.491. The lowest BCUT2D eigenvalue weighted by Crippen LogP contribution is -2.35. The summed E-state index contributed by atoms with van der Waals surface area (Å²) in [7, 11) is 0. The zero-order valence-corrected chi connectivity index (χ0v) is 11.8. The van der Waals surface area contributed by atoms with E-state index in [2.05, 4.69) is 0 Å². The van der Waals surface area contributed by atoms with Crippen LogP contribution >= 0.6 is 11.6 Å². The Bertz CT molecular complexity index is 677. The van der Waals surface area contributed by atoms with Gasteiger partial charge in [0.2, 0.25) is 0 Å². The number of rotatable bonds is 5. The molecule has 1 aliphatic heterocycles. The minimum Gasteiger partial charge on any atom is -0.480 e. The van der Waals surface area contributed by atoms with Gasteiger partial charge in [-0.05, 0) is 11.6 Å². The first kappa shape index (κ1) is 15.7. The highest BCUT2D eigenvalue weighted by atomic mass is 35.5. The Morgan fingerprint density at radius 1 is 1.41 bits per heavy atom. The van der Waals surface area contributed by atoms with Gasteiger partial charge >= 0.3 is 12.0 Å². The second-order valence-corrected chi connectivity index (χ2v) is 4.96. The summed E-state index contributed by atoms with van der Waals surface area (Å²) in [6.07, 6.45) is 0. The molecule has 0 spiro atoms. The number of benzene rings is 1. The Hall–Kier alpha value is -2.68. The van der Waals surface area contributed by atoms with Gasteiger partial charge in [-0.15, -0.1) is 0 Å². The number of aliphatic carboxylic acids is 1. The molecule has 0 aromatic heterocycles. The lowest BCUT2D eigenvalue weighted by atomic mass is 10.2. The monoisotopic (exact) mass is 327 g/mol. The molecule has 116 valence electrons. The van der Waals surface area contributed by atoms with Crippen LogP contribution in [-0.4, -0.2) is 50.8 Å². The number of halogens is 1. The van der Waals surface area contributed by atoms with Crippen LogP contribution in [0.3, 0.4) is 0 Å². The van der Waals surface area contributed by atoms with Crippen molar-refractivity contribution in [1.29, 1.82) is 0 Å². The number of carboxylic acid groups (broad SMARTS) is 1. The van der Waals surface area contributed by atoms with Crippen molar-refractivity contribution in [2.75, 3.05) is 13.1 Å². The molecule has 2 rings (SSSR count). The fourth-order valence-corrected chi connectivity index (χ4v) is 2.20. The van der Waals surface area contributed by atoms with Crippen molar-refractivity contribution in [3.05, 3.63) is 38.9 Å². The molecular formula is C12H10ClN3O6. The summed E-state index contributed by atoms with van der Waals surface area (Å²) >= 11 is 5.68. The molecule has 1 aromatic carbocycles. The molecular weight excluding hydrogens is 318 g/mol. The highest BCUT2D eigenvalue weighted by Gasteiger charge is 2.37. The molecule has 1 heterocycles. The van der Waals surface area contributed by atoms with Crippen molar-refractivity contribution in [3.63, 3.8) is 0 Å². The molecule has 1 fully saturated rings. The number of carbonyl (C=O) groups excluding carboxylic acids is 2. The minimum atomic E-state index is -1.23. The van der Waals surface area contributed by atoms with Crippen LogP contribution in [0.4, 0.5) is 10.5 Å². The van der Waals surface area contributed by atoms with Crippen LogP contribution < -0.4 is 0 Å². The van der Waals surface area contributed by atoms with Gasteiger partial charge in [-0.3, -0.25) is 24.6 Å². The van der Waals surface area contributed by atoms with Gasteiger partial charge in [0, 0.05) is 6.07 Å². The maximum absolute atomic E-state index is 11.9. The second-order valence-electron chi connectivity index (χ2n) is 4.56. The van der Waals surface area contributed by atoms with E-state index in [1.54, 1.807) is 0 Å². The molecule has 1 aliphatic rings. The molecule has 1 N–H and O–H groups in total. The third-order valence-electron chi connectivity index (χ3n) is 3.00. The molecule has 10 heteroatoms. The van der Waals surface area contributed by atoms with Crippen LogP contribution in [0.25, 0.3) is 0 Å². The average Bonchev–Trinajstić information content (AvgIpc) is 2.67. The van der Waals surface area contributed by atoms with Crippen LogP contribution in [0, 0.1) is 10.1 Å². The Kier molecular flexibility index (Phi) is 4.27. The van der Waals surface area contributed by atoms with E-state index in [0.717, 1.165) is 9.80 Å². The summed E-state index contributed by atoms with van der Waals surface area (Å²) in [5.74, 6) is -1.80. The van der Waals surface area contributed by atoms with Crippen LogP contribution in [0.15, 0.2) is 18.2 Å². The van der Waals surface area contributed by atoms with E-state index in [4.69, 9.17) is 16.7 Å². The van der Waals surface area contributed by atoms with E-state index < -0.39 is 29.4 Å². The number of urea groups is 1. The molecule has 0 saturated carbocycles. The van der Waals surface area contributed by atoms with Gasteiger partial charge in [0.15, 0.2) is 0 Å². The molecule has 1 aromatic rings. The number of carbonyl (C=O) groups is 3. The molecule has 0 radical (unpaired) electrons. The van der Waals surface area contributed by atoms with E-state index in [-0.39, 0.29) is 23.8 Å². The van der Waals surface area contributed by atoms with Crippen LogP contribution in [0.5, 0.6) is 0 Å². The minimum absolute atomic E-state index is 0.0553. The number of imide groups is 1. The summed E-state index contributed by atoms with van der Waals surface area (Å²) in [4.78, 5) is 46.2. The fourth-order valence-electron chi connectivity index (χ4n) is 2.02. The first-order valence-corrected chi connectivity index (χ1v) is 6.41. The van der Waals surface area contributed by atoms with Crippen molar-refractivity contribution >= 4 is 35.2 Å². The molecule has 0 unspecified atom stereocenters. The first-order chi connectivity index (χ1) is 10.3. The molecule has 1 saturated heterocycles. The number of amides is 3. The zero-order valence-electron chi connectivity index (χ0n) is 11.1. The SMILES string of the molecule is O=C(O)CN1CC(=O)N(Cc2ccc(Cl)c([N+](=O)[O-])c2)C1=O. The van der Waals surface area contributed by atoms with Crippen molar-refractivity contribution in [2.24, 2.45) is 0 Å². The molecule has 0 atom stereocenters. The summed E-state index contributed by atoms with van der Waals surface area (Å²) in [6, 6.07) is 3.18. The summed E-state index contributed by atoms with van der Waals surface area (Å²) in [5.41, 5.74) is 0.00984. The number of nitrogens with zero attached hydrogens (tertiary/aromatic N) is 3. The summed E-state index contributed by atoms with van der Waals surface area (Å²) < 4.78 is 0. The van der Waals surface area contributed by atoms with Crippen LogP contribution in [-0.2, 0) is 16.1 Å². The van der Waals surface area contributed by atoms with Crippen molar-refractivity contribution in [2.45, 2.75) is 6.54 Å². The Morgan fingerprint density at radius 3 is 2.68 bits per heavy atom. The number of nitro benzene ring substituents is 1. The van der Waals surface area contributed by atoms with E-state index >= 15 is 0 Å². The topological polar surface area (TPSA) is 121 Å². The van der Waals surface area contributed by atoms with Crippen molar-refractivity contribution < 1.29 is 24.4 Å². The molecule has 3 amide bonds. The van der Waals surface area contributed by atoms with Gasteiger partial charge in [0.25, 0.3) is 11.6 Å². The van der Waals surface area contributed by atoms with Gasteiger partial charge in [-0.2, -0.15) is 0 Å². The van der Waals surface area contributed by atoms with Crippen molar-refractivity contribution in [3.8, 4) is 0 Å². The van der Waals surface area contributed by atoms with Gasteiger partial charge in [-0.25, -0.2) is 4.79 Å². The smallest absolute Gasteiger partial charge is 0.328 e. The van der Waals surface area contributed by atoms with E-state index in [1.165, 1.54) is 18.2 Å². The largest absolute Gasteiger partial charge is 0.480 e. The Morgan fingerprint density at radius 2 is 2.09 bits per heavy atom. The van der Waals surface area contributed by atoms with Crippen molar-refractivity contribution in [1.82, 2.24) is 9.80 Å². The first-order valence-electron chi connectivity index (χ1n) is 6.03. The zero-order chi connectivity index (χ0) is 16.4. The molecule has 9 nitrogen and oxygen atoms in total. The highest BCUT2D eigenvalue weighted by molar-refractivity contribution is 6.32. The van der Waals surface area contributed by atoms with E-state index in [1.807, 2.05) is 0 Å². The maximum Gasteiger partial charge on any atom is 0.328 e. The Balaban J connectivity index is 2.18. The molecule has 22 heavy (non-hydrogen) atoms. The lowest BCUT2D eigenvalue weighted by molar-refractivity contribution is -0.384. The lowest BCUT2D eigenvalue weighted by Gasteiger charge is -2.15. The number of hydrogen-bond donors (Lipinski definition) is 1. The number of nitro groups is 1. The van der Waals surface area contributed by atoms with Gasteiger partial charge in [-0.1, -0.05) is 17.7 Å². The third kappa shape index (κ3) is 3.14.